The first-order valence-corrected chi connectivity index (χ1v) is 4.91. The summed E-state index contributed by atoms with van der Waals surface area (Å²) < 4.78 is 2.01. The van der Waals surface area contributed by atoms with Crippen molar-refractivity contribution < 1.29 is 5.11 Å². The quantitative estimate of drug-likeness (QED) is 0.605. The number of nitrogens with two attached hydrogens (primary N) is 1. The van der Waals surface area contributed by atoms with E-state index in [4.69, 9.17) is 5.14 Å². The smallest absolute Gasteiger partial charge is 0.0705 e. The van der Waals surface area contributed by atoms with Gasteiger partial charge in [0.25, 0.3) is 0 Å². The molecule has 1 aliphatic rings. The molecule has 0 saturated carbocycles. The van der Waals surface area contributed by atoms with Crippen LogP contribution in [0.4, 0.5) is 0 Å². The van der Waals surface area contributed by atoms with E-state index in [1.54, 1.807) is 0 Å². The summed E-state index contributed by atoms with van der Waals surface area (Å²) in [5, 5.41) is 14.9. The van der Waals surface area contributed by atoms with Crippen LogP contribution < -0.4 is 5.14 Å². The molecule has 0 spiro atoms. The molecule has 1 aliphatic heterocycles. The highest BCUT2D eigenvalue weighted by Gasteiger charge is 2.25. The number of rotatable bonds is 2. The van der Waals surface area contributed by atoms with E-state index in [0.29, 0.717) is 5.92 Å². The molecule has 1 rings (SSSR count). The average Bonchev–Trinajstić information content (AvgIpc) is 2.04. The highest BCUT2D eigenvalue weighted by atomic mass is 32.2. The Kier molecular flexibility index (Phi) is 3.65. The van der Waals surface area contributed by atoms with Crippen LogP contribution in [0.1, 0.15) is 19.8 Å². The minimum Gasteiger partial charge on any atom is -0.391 e. The van der Waals surface area contributed by atoms with Crippen molar-refractivity contribution in [3.8, 4) is 0 Å². The molecule has 0 aromatic rings. The van der Waals surface area contributed by atoms with Crippen LogP contribution in [0.25, 0.3) is 0 Å². The van der Waals surface area contributed by atoms with Gasteiger partial charge in [0.1, 0.15) is 0 Å². The van der Waals surface area contributed by atoms with E-state index in [1.807, 2.05) is 4.31 Å². The predicted molar refractivity (Wildman–Crippen MR) is 47.8 cm³/mol. The lowest BCUT2D eigenvalue weighted by Crippen LogP contribution is -2.40. The maximum atomic E-state index is 9.56. The summed E-state index contributed by atoms with van der Waals surface area (Å²) >= 11 is 1.24. The van der Waals surface area contributed by atoms with Gasteiger partial charge in [0, 0.05) is 25.2 Å². The third kappa shape index (κ3) is 2.33. The van der Waals surface area contributed by atoms with Crippen molar-refractivity contribution >= 4 is 12.1 Å². The molecule has 66 valence electrons. The van der Waals surface area contributed by atoms with Crippen molar-refractivity contribution in [3.63, 3.8) is 0 Å². The SMILES string of the molecule is CCC1CCN(SN)CC1O. The van der Waals surface area contributed by atoms with E-state index >= 15 is 0 Å². The Morgan fingerprint density at radius 3 is 2.91 bits per heavy atom. The number of piperidine rings is 1. The molecular weight excluding hydrogens is 160 g/mol. The molecule has 0 aromatic heterocycles. The zero-order valence-corrected chi connectivity index (χ0v) is 7.68. The lowest BCUT2D eigenvalue weighted by atomic mass is 9.93. The summed E-state index contributed by atoms with van der Waals surface area (Å²) in [5.41, 5.74) is 0. The van der Waals surface area contributed by atoms with Crippen LogP contribution in [0.5, 0.6) is 0 Å². The molecule has 4 heteroatoms. The van der Waals surface area contributed by atoms with Gasteiger partial charge in [0.2, 0.25) is 0 Å². The van der Waals surface area contributed by atoms with E-state index in [1.165, 1.54) is 12.1 Å². The Balaban J connectivity index is 2.34. The monoisotopic (exact) mass is 176 g/mol. The van der Waals surface area contributed by atoms with Gasteiger partial charge in [-0.1, -0.05) is 13.3 Å². The zero-order chi connectivity index (χ0) is 8.27. The van der Waals surface area contributed by atoms with E-state index in [2.05, 4.69) is 6.92 Å². The first kappa shape index (κ1) is 9.32. The number of hydrogen-bond donors (Lipinski definition) is 2. The standard InChI is InChI=1S/C7H16N2OS/c1-2-6-3-4-9(11-8)5-7(6)10/h6-7,10H,2-5,8H2,1H3. The molecule has 2 unspecified atom stereocenters. The summed E-state index contributed by atoms with van der Waals surface area (Å²) in [4.78, 5) is 0. The fourth-order valence-corrected chi connectivity index (χ4v) is 1.97. The van der Waals surface area contributed by atoms with Crippen molar-refractivity contribution in [2.24, 2.45) is 11.1 Å². The molecule has 0 aliphatic carbocycles. The molecule has 0 aromatic carbocycles. The summed E-state index contributed by atoms with van der Waals surface area (Å²) in [6, 6.07) is 0. The number of β-amino-alcohol motifs (C(OH)–C–C–N with tert-alkyl or cyclic N) is 1. The minimum absolute atomic E-state index is 0.176. The van der Waals surface area contributed by atoms with Crippen LogP contribution >= 0.6 is 12.1 Å². The second-order valence-corrected chi connectivity index (χ2v) is 3.74. The molecule has 2 atom stereocenters. The normalized spacial score (nSPS) is 34.1. The molecule has 3 N–H and O–H groups in total. The van der Waals surface area contributed by atoms with E-state index in [-0.39, 0.29) is 6.10 Å². The van der Waals surface area contributed by atoms with Crippen molar-refractivity contribution in [3.05, 3.63) is 0 Å². The van der Waals surface area contributed by atoms with Crippen LogP contribution in [0.3, 0.4) is 0 Å². The molecule has 1 saturated heterocycles. The maximum absolute atomic E-state index is 9.56. The van der Waals surface area contributed by atoms with Gasteiger partial charge < -0.3 is 5.11 Å². The molecular formula is C7H16N2OS. The average molecular weight is 176 g/mol. The second kappa shape index (κ2) is 4.30. The molecule has 0 bridgehead atoms. The van der Waals surface area contributed by atoms with E-state index in [9.17, 15) is 5.11 Å². The zero-order valence-electron chi connectivity index (χ0n) is 6.86. The second-order valence-electron chi connectivity index (χ2n) is 3.02. The highest BCUT2D eigenvalue weighted by molar-refractivity contribution is 7.94. The molecule has 1 heterocycles. The maximum Gasteiger partial charge on any atom is 0.0705 e. The van der Waals surface area contributed by atoms with Gasteiger partial charge in [-0.3, -0.25) is 5.14 Å². The number of hydrogen-bond acceptors (Lipinski definition) is 4. The summed E-state index contributed by atoms with van der Waals surface area (Å²) in [6.07, 6.45) is 1.97. The summed E-state index contributed by atoms with van der Waals surface area (Å²) in [5.74, 6) is 0.485. The fourth-order valence-electron chi connectivity index (χ4n) is 1.52. The molecule has 11 heavy (non-hydrogen) atoms. The molecule has 1 fully saturated rings. The van der Waals surface area contributed by atoms with Gasteiger partial charge in [0.05, 0.1) is 6.10 Å². The Bertz CT molecular complexity index is 123. The Labute approximate surface area is 72.2 Å². The van der Waals surface area contributed by atoms with Crippen LogP contribution in [-0.2, 0) is 0 Å². The van der Waals surface area contributed by atoms with E-state index in [0.717, 1.165) is 25.9 Å². The lowest BCUT2D eigenvalue weighted by molar-refractivity contribution is 0.0536. The van der Waals surface area contributed by atoms with Crippen LogP contribution in [-0.4, -0.2) is 28.6 Å². The lowest BCUT2D eigenvalue weighted by Gasteiger charge is -2.33. The van der Waals surface area contributed by atoms with Crippen molar-refractivity contribution in [2.45, 2.75) is 25.9 Å². The molecule has 3 nitrogen and oxygen atoms in total. The van der Waals surface area contributed by atoms with Gasteiger partial charge in [-0.2, -0.15) is 0 Å². The van der Waals surface area contributed by atoms with Crippen LogP contribution in [0.2, 0.25) is 0 Å². The third-order valence-electron chi connectivity index (χ3n) is 2.36. The Morgan fingerprint density at radius 1 is 1.73 bits per heavy atom. The fraction of sp³-hybridized carbons (Fsp3) is 1.00. The third-order valence-corrected chi connectivity index (χ3v) is 2.99. The number of aliphatic hydroxyl groups excluding tert-OH is 1. The van der Waals surface area contributed by atoms with E-state index < -0.39 is 0 Å². The first-order chi connectivity index (χ1) is 5.27. The Morgan fingerprint density at radius 2 is 2.45 bits per heavy atom. The number of aliphatic hydroxyl groups is 1. The van der Waals surface area contributed by atoms with Crippen molar-refractivity contribution in [1.29, 1.82) is 0 Å². The first-order valence-electron chi connectivity index (χ1n) is 4.07. The van der Waals surface area contributed by atoms with Gasteiger partial charge in [-0.15, -0.1) is 0 Å². The minimum atomic E-state index is -0.176. The van der Waals surface area contributed by atoms with Gasteiger partial charge in [-0.05, 0) is 12.3 Å². The predicted octanol–water partition coefficient (Wildman–Crippen LogP) is 0.601. The number of nitrogens with zero attached hydrogens (tertiary/aromatic N) is 1. The van der Waals surface area contributed by atoms with Crippen LogP contribution in [0, 0.1) is 5.92 Å². The highest BCUT2D eigenvalue weighted by Crippen LogP contribution is 2.22. The van der Waals surface area contributed by atoms with Crippen molar-refractivity contribution in [1.82, 2.24) is 4.31 Å². The van der Waals surface area contributed by atoms with Crippen molar-refractivity contribution in [2.75, 3.05) is 13.1 Å². The van der Waals surface area contributed by atoms with Gasteiger partial charge >= 0.3 is 0 Å². The molecule has 0 radical (unpaired) electrons. The summed E-state index contributed by atoms with van der Waals surface area (Å²) in [6.45, 7) is 3.86. The molecule has 0 amide bonds. The summed E-state index contributed by atoms with van der Waals surface area (Å²) in [7, 11) is 0. The van der Waals surface area contributed by atoms with Crippen LogP contribution in [0.15, 0.2) is 0 Å². The largest absolute Gasteiger partial charge is 0.391 e. The Hall–Kier alpha value is 0.230. The topological polar surface area (TPSA) is 49.5 Å². The van der Waals surface area contributed by atoms with Gasteiger partial charge in [0.15, 0.2) is 0 Å². The van der Waals surface area contributed by atoms with Gasteiger partial charge in [-0.25, -0.2) is 4.31 Å².